The number of halogens is 1. The van der Waals surface area contributed by atoms with E-state index in [-0.39, 0.29) is 43.0 Å². The molecule has 1 unspecified atom stereocenters. The number of nitrogens with two attached hydrogens (primary N) is 2. The number of carbonyl (C=O) groups is 2. The van der Waals surface area contributed by atoms with Gasteiger partial charge in [-0.2, -0.15) is 0 Å². The van der Waals surface area contributed by atoms with Crippen molar-refractivity contribution in [3.63, 3.8) is 0 Å². The Hall–Kier alpha value is -3.52. The zero-order chi connectivity index (χ0) is 30.8. The summed E-state index contributed by atoms with van der Waals surface area (Å²) in [4.78, 5) is 23.2. The predicted octanol–water partition coefficient (Wildman–Crippen LogP) is -4.17. The summed E-state index contributed by atoms with van der Waals surface area (Å²) in [7, 11) is 0. The molecule has 0 aliphatic heterocycles. The Morgan fingerprint density at radius 3 is 2.51 bits per heavy atom. The summed E-state index contributed by atoms with van der Waals surface area (Å²) in [5.74, 6) is -3.05. The molecular weight excluding hydrogens is 539 g/mol. The van der Waals surface area contributed by atoms with E-state index in [4.69, 9.17) is 16.2 Å². The zero-order valence-electron chi connectivity index (χ0n) is 23.1. The Bertz CT molecular complexity index is 1020. The molecule has 1 saturated carbocycles. The smallest absolute Gasteiger partial charge is 0.338 e. The fourth-order valence-corrected chi connectivity index (χ4v) is 4.19. The normalized spacial score (nSPS) is 21.7. The standard InChI is InChI=1S/C22H29FO6.C6H14N4O2/c23-18-8-5-6-9-21(18)29-14-15(24)11-12-17-16(19(25)13-20(17)26)7-3-1-2-4-10-22(27)28;7-4(5(11)12)2-1-3-10-6(8)9/h1,3,5-6,8-9,11-12,15-17,19-20,24-26H,2,4,7,10,13-14H2,(H,27,28);4H,1-3,7H2,(H,11,12)(H4,8,9,10)/b3-1-,12-11+;/t15-,16?,17-,19+,20-;4-/m10/s1. The minimum atomic E-state index is -1.13. The van der Waals surface area contributed by atoms with Crippen molar-refractivity contribution in [3.8, 4) is 5.75 Å². The SMILES string of the molecule is NC(N)=[NH+]CCC[C@H]([NH3+])C(=O)[O-].O=C([O-])CCC/C=C\CC1[C@@H](/C=C/[C@@H](O)COc2ccccc2F)[C@H](O)C[C@@H]1O. The summed E-state index contributed by atoms with van der Waals surface area (Å²) in [6, 6.07) is 5.25. The van der Waals surface area contributed by atoms with Crippen molar-refractivity contribution in [2.75, 3.05) is 13.2 Å². The monoisotopic (exact) mass is 582 g/mol. The van der Waals surface area contributed by atoms with Gasteiger partial charge in [-0.3, -0.25) is 16.5 Å². The van der Waals surface area contributed by atoms with Crippen LogP contribution in [-0.2, 0) is 9.59 Å². The summed E-state index contributed by atoms with van der Waals surface area (Å²) in [6.07, 6.45) is 7.51. The van der Waals surface area contributed by atoms with Gasteiger partial charge in [0.2, 0.25) is 0 Å². The van der Waals surface area contributed by atoms with Crippen molar-refractivity contribution in [2.45, 2.75) is 69.3 Å². The number of carbonyl (C=O) groups excluding carboxylic acids is 2. The van der Waals surface area contributed by atoms with Gasteiger partial charge in [-0.25, -0.2) is 4.39 Å². The summed E-state index contributed by atoms with van der Waals surface area (Å²) in [5, 5.41) is 51.1. The molecule has 6 atom stereocenters. The average molecular weight is 583 g/mol. The van der Waals surface area contributed by atoms with E-state index < -0.39 is 42.1 Å². The number of aliphatic hydroxyl groups is 3. The van der Waals surface area contributed by atoms with E-state index in [1.165, 1.54) is 18.2 Å². The van der Waals surface area contributed by atoms with Crippen LogP contribution in [0.2, 0.25) is 0 Å². The lowest BCUT2D eigenvalue weighted by Gasteiger charge is -2.19. The second-order valence-electron chi connectivity index (χ2n) is 9.82. The molecule has 1 aliphatic carbocycles. The highest BCUT2D eigenvalue weighted by atomic mass is 19.1. The third kappa shape index (κ3) is 15.2. The van der Waals surface area contributed by atoms with E-state index in [9.17, 15) is 39.5 Å². The number of unbranched alkanes of at least 4 members (excludes halogenated alkanes) is 1. The maximum absolute atomic E-state index is 13.5. The summed E-state index contributed by atoms with van der Waals surface area (Å²) >= 11 is 0. The van der Waals surface area contributed by atoms with Crippen LogP contribution in [-0.4, -0.2) is 70.7 Å². The summed E-state index contributed by atoms with van der Waals surface area (Å²) < 4.78 is 18.8. The molecule has 1 aromatic carbocycles. The van der Waals surface area contributed by atoms with E-state index >= 15 is 0 Å². The maximum Gasteiger partial charge on any atom is 0.338 e. The summed E-state index contributed by atoms with van der Waals surface area (Å²) in [6.45, 7) is 0.424. The van der Waals surface area contributed by atoms with E-state index in [0.717, 1.165) is 0 Å². The second kappa shape index (κ2) is 19.5. The maximum atomic E-state index is 13.5. The van der Waals surface area contributed by atoms with Crippen LogP contribution in [0, 0.1) is 17.7 Å². The number of para-hydroxylation sites is 1. The number of ether oxygens (including phenoxy) is 1. The van der Waals surface area contributed by atoms with Crippen molar-refractivity contribution in [3.05, 3.63) is 54.4 Å². The molecule has 0 aromatic heterocycles. The first-order valence-electron chi connectivity index (χ1n) is 13.5. The fraction of sp³-hybridized carbons (Fsp3) is 0.536. The van der Waals surface area contributed by atoms with E-state index in [1.807, 2.05) is 12.2 Å². The fourth-order valence-electron chi connectivity index (χ4n) is 4.19. The second-order valence-corrected chi connectivity index (χ2v) is 9.82. The minimum Gasteiger partial charge on any atom is -0.550 e. The van der Waals surface area contributed by atoms with Crippen molar-refractivity contribution in [1.29, 1.82) is 0 Å². The molecule has 12 nitrogen and oxygen atoms in total. The van der Waals surface area contributed by atoms with Crippen LogP contribution in [0.25, 0.3) is 0 Å². The summed E-state index contributed by atoms with van der Waals surface area (Å²) in [5.41, 5.74) is 13.6. The Labute approximate surface area is 239 Å². The molecule has 0 saturated heterocycles. The number of benzene rings is 1. The highest BCUT2D eigenvalue weighted by Gasteiger charge is 2.39. The number of aliphatic hydroxyl groups excluding tert-OH is 3. The number of aliphatic carboxylic acids is 2. The zero-order valence-corrected chi connectivity index (χ0v) is 23.1. The van der Waals surface area contributed by atoms with Crippen LogP contribution in [0.5, 0.6) is 5.75 Å². The van der Waals surface area contributed by atoms with E-state index in [0.29, 0.717) is 38.6 Å². The number of nitrogens with one attached hydrogen (secondary N) is 1. The number of carboxylic acid groups (broad SMARTS) is 2. The molecular formula is C28H43FN4O8. The van der Waals surface area contributed by atoms with Crippen LogP contribution >= 0.6 is 0 Å². The first-order valence-corrected chi connectivity index (χ1v) is 13.5. The van der Waals surface area contributed by atoms with Crippen molar-refractivity contribution < 1.29 is 55.0 Å². The highest BCUT2D eigenvalue weighted by molar-refractivity contribution is 5.69. The Morgan fingerprint density at radius 1 is 1.17 bits per heavy atom. The molecule has 0 amide bonds. The molecule has 13 heteroatoms. The van der Waals surface area contributed by atoms with E-state index in [1.54, 1.807) is 18.2 Å². The predicted molar refractivity (Wildman–Crippen MR) is 143 cm³/mol. The van der Waals surface area contributed by atoms with Gasteiger partial charge in [0.05, 0.1) is 24.7 Å². The number of rotatable bonds is 16. The first-order chi connectivity index (χ1) is 19.4. The lowest BCUT2D eigenvalue weighted by atomic mass is 9.89. The van der Waals surface area contributed by atoms with Gasteiger partial charge in [0, 0.05) is 24.7 Å². The molecule has 1 fully saturated rings. The van der Waals surface area contributed by atoms with Gasteiger partial charge in [0.15, 0.2) is 11.6 Å². The third-order valence-electron chi connectivity index (χ3n) is 6.44. The molecule has 11 N–H and O–H groups in total. The number of allylic oxidation sites excluding steroid dienone is 2. The molecule has 41 heavy (non-hydrogen) atoms. The molecule has 0 heterocycles. The van der Waals surface area contributed by atoms with Crippen molar-refractivity contribution in [1.82, 2.24) is 0 Å². The number of carboxylic acids is 2. The molecule has 1 aromatic rings. The van der Waals surface area contributed by atoms with Gasteiger partial charge >= 0.3 is 5.96 Å². The molecule has 0 bridgehead atoms. The van der Waals surface area contributed by atoms with Gasteiger partial charge in [-0.05, 0) is 50.2 Å². The Balaban J connectivity index is 0.000000590. The van der Waals surface area contributed by atoms with Crippen LogP contribution in [0.4, 0.5) is 4.39 Å². The lowest BCUT2D eigenvalue weighted by Crippen LogP contribution is -2.78. The Morgan fingerprint density at radius 2 is 1.88 bits per heavy atom. The van der Waals surface area contributed by atoms with Gasteiger partial charge in [0.25, 0.3) is 0 Å². The van der Waals surface area contributed by atoms with Gasteiger partial charge < -0.3 is 45.6 Å². The molecule has 2 rings (SSSR count). The minimum absolute atomic E-state index is 0.00725. The molecule has 0 spiro atoms. The van der Waals surface area contributed by atoms with Gasteiger partial charge in [-0.15, -0.1) is 0 Å². The molecule has 0 radical (unpaired) electrons. The quantitative estimate of drug-likeness (QED) is 0.0429. The average Bonchev–Trinajstić information content (AvgIpc) is 3.18. The third-order valence-corrected chi connectivity index (χ3v) is 6.44. The largest absolute Gasteiger partial charge is 0.550 e. The lowest BCUT2D eigenvalue weighted by molar-refractivity contribution is -0.466. The number of hydrogen-bond donors (Lipinski definition) is 7. The number of hydrogen-bond acceptors (Lipinski definition) is 8. The Kier molecular flexibility index (Phi) is 16.9. The van der Waals surface area contributed by atoms with Crippen LogP contribution in [0.3, 0.4) is 0 Å². The molecule has 1 aliphatic rings. The first kappa shape index (κ1) is 35.5. The van der Waals surface area contributed by atoms with Crippen molar-refractivity contribution >= 4 is 17.9 Å². The number of guanidine groups is 1. The van der Waals surface area contributed by atoms with Crippen LogP contribution in [0.1, 0.15) is 44.9 Å². The molecule has 230 valence electrons. The van der Waals surface area contributed by atoms with Crippen LogP contribution < -0.4 is 37.1 Å². The van der Waals surface area contributed by atoms with E-state index in [2.05, 4.69) is 10.7 Å². The topological polar surface area (TPSA) is 244 Å². The van der Waals surface area contributed by atoms with Gasteiger partial charge in [0.1, 0.15) is 18.8 Å². The highest BCUT2D eigenvalue weighted by Crippen LogP contribution is 2.36. The van der Waals surface area contributed by atoms with Gasteiger partial charge in [-0.1, -0.05) is 36.4 Å². The van der Waals surface area contributed by atoms with Crippen LogP contribution in [0.15, 0.2) is 48.6 Å². The van der Waals surface area contributed by atoms with Crippen molar-refractivity contribution in [2.24, 2.45) is 23.3 Å². The number of quaternary nitrogens is 1.